The second kappa shape index (κ2) is 56.2. The molecule has 2 unspecified atom stereocenters. The van der Waals surface area contributed by atoms with E-state index >= 15 is 0 Å². The Hall–Kier alpha value is -1.40. The van der Waals surface area contributed by atoms with Crippen molar-refractivity contribution >= 4 is 11.9 Å². The molecule has 66 heavy (non-hydrogen) atoms. The van der Waals surface area contributed by atoms with Crippen LogP contribution in [-0.2, 0) is 14.3 Å². The van der Waals surface area contributed by atoms with E-state index in [9.17, 15) is 19.8 Å². The minimum absolute atomic E-state index is 0.00402. The van der Waals surface area contributed by atoms with E-state index in [1.54, 1.807) is 0 Å². The van der Waals surface area contributed by atoms with Gasteiger partial charge in [-0.15, -0.1) is 0 Å². The fourth-order valence-corrected chi connectivity index (χ4v) is 9.46. The maximum absolute atomic E-state index is 12.5. The van der Waals surface area contributed by atoms with Gasteiger partial charge in [0.25, 0.3) is 0 Å². The summed E-state index contributed by atoms with van der Waals surface area (Å²) in [4.78, 5) is 24.5. The Morgan fingerprint density at radius 2 is 0.712 bits per heavy atom. The van der Waals surface area contributed by atoms with E-state index in [0.717, 1.165) is 44.9 Å². The molecule has 0 radical (unpaired) electrons. The quantitative estimate of drug-likeness (QED) is 0.0321. The van der Waals surface area contributed by atoms with Crippen molar-refractivity contribution < 1.29 is 24.5 Å². The Morgan fingerprint density at radius 3 is 1.08 bits per heavy atom. The summed E-state index contributed by atoms with van der Waals surface area (Å²) in [7, 11) is 0. The van der Waals surface area contributed by atoms with Gasteiger partial charge in [0, 0.05) is 12.8 Å². The molecule has 6 heteroatoms. The lowest BCUT2D eigenvalue weighted by atomic mass is 10.0. The first-order chi connectivity index (χ1) is 32.5. The average molecular weight is 933 g/mol. The molecule has 392 valence electrons. The first-order valence-corrected chi connectivity index (χ1v) is 29.9. The van der Waals surface area contributed by atoms with Crippen LogP contribution < -0.4 is 5.32 Å². The number of esters is 1. The van der Waals surface area contributed by atoms with Crippen molar-refractivity contribution in [2.45, 2.75) is 347 Å². The van der Waals surface area contributed by atoms with Crippen molar-refractivity contribution in [1.29, 1.82) is 0 Å². The molecule has 0 aromatic rings. The minimum atomic E-state index is -0.664. The van der Waals surface area contributed by atoms with Gasteiger partial charge < -0.3 is 20.3 Å². The summed E-state index contributed by atoms with van der Waals surface area (Å²) in [5.74, 6) is -0.0302. The van der Waals surface area contributed by atoms with E-state index in [1.807, 2.05) is 0 Å². The predicted octanol–water partition coefficient (Wildman–Crippen LogP) is 18.5. The van der Waals surface area contributed by atoms with Crippen LogP contribution >= 0.6 is 0 Å². The number of ether oxygens (including phenoxy) is 1. The number of carbonyl (C=O) groups is 2. The number of aliphatic hydroxyl groups is 2. The van der Waals surface area contributed by atoms with Gasteiger partial charge in [0.15, 0.2) is 0 Å². The molecule has 3 N–H and O–H groups in total. The fraction of sp³-hybridized carbons (Fsp3) is 0.933. The summed E-state index contributed by atoms with van der Waals surface area (Å²) in [6.45, 7) is 4.96. The topological polar surface area (TPSA) is 95.9 Å². The van der Waals surface area contributed by atoms with Crippen LogP contribution in [0.4, 0.5) is 0 Å². The number of hydrogen-bond donors (Lipinski definition) is 3. The molecule has 0 aliphatic rings. The second-order valence-electron chi connectivity index (χ2n) is 20.7. The van der Waals surface area contributed by atoms with Crippen molar-refractivity contribution in [1.82, 2.24) is 5.32 Å². The summed E-state index contributed by atoms with van der Waals surface area (Å²) >= 11 is 0. The van der Waals surface area contributed by atoms with E-state index < -0.39 is 12.1 Å². The van der Waals surface area contributed by atoms with Gasteiger partial charge >= 0.3 is 5.97 Å². The van der Waals surface area contributed by atoms with Gasteiger partial charge in [-0.1, -0.05) is 283 Å². The first kappa shape index (κ1) is 64.6. The molecule has 1 amide bonds. The van der Waals surface area contributed by atoms with Crippen LogP contribution in [0.15, 0.2) is 12.2 Å². The number of nitrogens with one attached hydrogen (secondary N) is 1. The van der Waals surface area contributed by atoms with Gasteiger partial charge in [0.1, 0.15) is 0 Å². The summed E-state index contributed by atoms with van der Waals surface area (Å²) < 4.78 is 5.48. The monoisotopic (exact) mass is 932 g/mol. The molecular weight excluding hydrogens is 815 g/mol. The molecule has 0 spiro atoms. The minimum Gasteiger partial charge on any atom is -0.466 e. The Labute approximate surface area is 412 Å². The van der Waals surface area contributed by atoms with E-state index in [2.05, 4.69) is 31.3 Å². The third-order valence-corrected chi connectivity index (χ3v) is 14.1. The predicted molar refractivity (Wildman–Crippen MR) is 287 cm³/mol. The smallest absolute Gasteiger partial charge is 0.305 e. The zero-order valence-corrected chi connectivity index (χ0v) is 44.7. The number of allylic oxidation sites excluding steroid dienone is 2. The summed E-state index contributed by atoms with van der Waals surface area (Å²) in [5.41, 5.74) is 0. The van der Waals surface area contributed by atoms with Gasteiger partial charge in [-0.3, -0.25) is 9.59 Å². The van der Waals surface area contributed by atoms with Crippen LogP contribution in [0.2, 0.25) is 0 Å². The van der Waals surface area contributed by atoms with Crippen molar-refractivity contribution in [3.05, 3.63) is 12.2 Å². The summed E-state index contributed by atoms with van der Waals surface area (Å²) in [6.07, 6.45) is 66.4. The van der Waals surface area contributed by atoms with E-state index in [1.165, 1.54) is 257 Å². The second-order valence-corrected chi connectivity index (χ2v) is 20.7. The van der Waals surface area contributed by atoms with E-state index in [-0.39, 0.29) is 18.5 Å². The number of aliphatic hydroxyl groups excluding tert-OH is 2. The molecule has 0 aliphatic carbocycles. The highest BCUT2D eigenvalue weighted by molar-refractivity contribution is 5.76. The van der Waals surface area contributed by atoms with Crippen molar-refractivity contribution in [3.63, 3.8) is 0 Å². The lowest BCUT2D eigenvalue weighted by molar-refractivity contribution is -0.143. The molecule has 0 aromatic heterocycles. The van der Waals surface area contributed by atoms with Crippen LogP contribution in [0, 0.1) is 0 Å². The molecule has 0 bridgehead atoms. The number of carbonyl (C=O) groups excluding carboxylic acids is 2. The number of unbranched alkanes of at least 4 members (excludes halogenated alkanes) is 43. The van der Waals surface area contributed by atoms with Crippen LogP contribution in [0.1, 0.15) is 335 Å². The van der Waals surface area contributed by atoms with Gasteiger partial charge in [-0.2, -0.15) is 0 Å². The lowest BCUT2D eigenvalue weighted by Gasteiger charge is -2.22. The van der Waals surface area contributed by atoms with Crippen LogP contribution in [0.3, 0.4) is 0 Å². The molecule has 0 fully saturated rings. The van der Waals surface area contributed by atoms with Crippen LogP contribution in [-0.4, -0.2) is 47.4 Å². The molecule has 0 aromatic carbocycles. The largest absolute Gasteiger partial charge is 0.466 e. The van der Waals surface area contributed by atoms with Gasteiger partial charge in [-0.25, -0.2) is 0 Å². The van der Waals surface area contributed by atoms with Crippen LogP contribution in [0.25, 0.3) is 0 Å². The molecule has 2 atom stereocenters. The third kappa shape index (κ3) is 52.0. The maximum atomic E-state index is 12.5. The highest BCUT2D eigenvalue weighted by atomic mass is 16.5. The Bertz CT molecular complexity index is 986. The summed E-state index contributed by atoms with van der Waals surface area (Å²) in [5, 5.41) is 23.3. The molecule has 6 nitrogen and oxygen atoms in total. The van der Waals surface area contributed by atoms with Crippen molar-refractivity contribution in [3.8, 4) is 0 Å². The van der Waals surface area contributed by atoms with Crippen LogP contribution in [0.5, 0.6) is 0 Å². The van der Waals surface area contributed by atoms with Gasteiger partial charge in [0.05, 0.1) is 25.4 Å². The zero-order valence-electron chi connectivity index (χ0n) is 44.7. The molecule has 0 rings (SSSR count). The highest BCUT2D eigenvalue weighted by Gasteiger charge is 2.20. The SMILES string of the molecule is CCCCCCC/C=C\CCCCCCCC(=O)OCCCCCCCCCCCCCCCCCCCCCCCC(=O)NC(CO)C(O)CCCCCCCCCCCCCCCC. The lowest BCUT2D eigenvalue weighted by Crippen LogP contribution is -2.45. The Balaban J connectivity index is 3.37. The standard InChI is InChI=1S/C60H117NO5/c1-3-5-7-9-11-13-15-17-28-32-36-40-44-48-52-58(63)57(56-62)61-59(64)53-49-45-41-37-33-29-26-24-22-20-19-21-23-25-27-31-35-39-43-47-51-55-66-60(65)54-50-46-42-38-34-30-18-16-14-12-10-8-6-4-2/h16,18,57-58,62-63H,3-15,17,19-56H2,1-2H3,(H,61,64)/b18-16-. The first-order valence-electron chi connectivity index (χ1n) is 29.9. The summed E-state index contributed by atoms with van der Waals surface area (Å²) in [6, 6.07) is -0.541. The Morgan fingerprint density at radius 1 is 0.409 bits per heavy atom. The maximum Gasteiger partial charge on any atom is 0.305 e. The molecule has 0 heterocycles. The number of rotatable bonds is 56. The van der Waals surface area contributed by atoms with E-state index in [4.69, 9.17) is 4.74 Å². The molecular formula is C60H117NO5. The van der Waals surface area contributed by atoms with E-state index in [0.29, 0.717) is 25.9 Å². The van der Waals surface area contributed by atoms with Crippen molar-refractivity contribution in [2.24, 2.45) is 0 Å². The fourth-order valence-electron chi connectivity index (χ4n) is 9.46. The highest BCUT2D eigenvalue weighted by Crippen LogP contribution is 2.18. The molecule has 0 aliphatic heterocycles. The number of amides is 1. The molecule has 0 saturated heterocycles. The van der Waals surface area contributed by atoms with Gasteiger partial charge in [-0.05, 0) is 51.4 Å². The number of hydrogen-bond acceptors (Lipinski definition) is 5. The molecule has 0 saturated carbocycles. The normalized spacial score (nSPS) is 12.6. The Kier molecular flexibility index (Phi) is 55.0. The average Bonchev–Trinajstić information content (AvgIpc) is 3.32. The third-order valence-electron chi connectivity index (χ3n) is 14.1. The van der Waals surface area contributed by atoms with Gasteiger partial charge in [0.2, 0.25) is 5.91 Å². The van der Waals surface area contributed by atoms with Crippen molar-refractivity contribution in [2.75, 3.05) is 13.2 Å². The zero-order chi connectivity index (χ0) is 47.9.